The first kappa shape index (κ1) is 16.1. The number of aromatic nitrogens is 5. The number of rotatable bonds is 2. The maximum atomic E-state index is 11.6. The lowest BCUT2D eigenvalue weighted by atomic mass is 10.3. The minimum atomic E-state index is -0.408. The van der Waals surface area contributed by atoms with Crippen molar-refractivity contribution in [2.45, 2.75) is 0 Å². The van der Waals surface area contributed by atoms with Crippen molar-refractivity contribution >= 4 is 29.0 Å². The van der Waals surface area contributed by atoms with Gasteiger partial charge in [0.2, 0.25) is 5.88 Å². The molecular formula is C17H13ClN6O2. The quantitative estimate of drug-likeness (QED) is 0.549. The predicted molar refractivity (Wildman–Crippen MR) is 96.1 cm³/mol. The molecule has 130 valence electrons. The highest BCUT2D eigenvalue weighted by molar-refractivity contribution is 6.30. The number of aromatic amines is 1. The van der Waals surface area contributed by atoms with E-state index < -0.39 is 5.69 Å². The number of halogens is 1. The fourth-order valence-electron chi connectivity index (χ4n) is 2.55. The van der Waals surface area contributed by atoms with Crippen LogP contribution in [0.25, 0.3) is 11.7 Å². The largest absolute Gasteiger partial charge is 0.493 e. The topological polar surface area (TPSA) is 101 Å². The van der Waals surface area contributed by atoms with Crippen LogP contribution in [0, 0.1) is 0 Å². The molecule has 0 saturated heterocycles. The van der Waals surface area contributed by atoms with Crippen molar-refractivity contribution in [3.63, 3.8) is 0 Å². The highest BCUT2D eigenvalue weighted by Crippen LogP contribution is 2.16. The van der Waals surface area contributed by atoms with Gasteiger partial charge in [0.1, 0.15) is 5.69 Å². The molecule has 0 amide bonds. The molecule has 0 saturated carbocycles. The Morgan fingerprint density at radius 1 is 1.35 bits per heavy atom. The fourth-order valence-corrected chi connectivity index (χ4v) is 2.73. The Kier molecular flexibility index (Phi) is 3.81. The number of nitrogens with zero attached hydrogens (tertiary/aromatic N) is 5. The summed E-state index contributed by atoms with van der Waals surface area (Å²) in [5, 5.41) is 15.3. The van der Waals surface area contributed by atoms with Gasteiger partial charge in [-0.3, -0.25) is 9.55 Å². The van der Waals surface area contributed by atoms with Crippen molar-refractivity contribution in [3.8, 4) is 5.88 Å². The zero-order valence-electron chi connectivity index (χ0n) is 13.6. The Labute approximate surface area is 151 Å². The molecule has 9 heteroatoms. The van der Waals surface area contributed by atoms with E-state index in [0.717, 1.165) is 0 Å². The van der Waals surface area contributed by atoms with Gasteiger partial charge in [0.05, 0.1) is 11.9 Å². The van der Waals surface area contributed by atoms with Crippen molar-refractivity contribution in [2.75, 3.05) is 0 Å². The van der Waals surface area contributed by atoms with E-state index in [1.165, 1.54) is 4.57 Å². The lowest BCUT2D eigenvalue weighted by molar-refractivity contribution is 0.454. The molecule has 0 radical (unpaired) electrons. The molecule has 4 rings (SSSR count). The van der Waals surface area contributed by atoms with Crippen LogP contribution in [0.15, 0.2) is 52.5 Å². The minimum Gasteiger partial charge on any atom is -0.493 e. The predicted octanol–water partition coefficient (Wildman–Crippen LogP) is 0.895. The molecule has 0 unspecified atom stereocenters. The summed E-state index contributed by atoms with van der Waals surface area (Å²) in [6.07, 6.45) is 4.97. The SMILES string of the molecule is Cn1c(/C=c2\cnn3ccc(=Nc4cccc(Cl)c4)nc23)c(O)[nH]c1=O. The third-order valence-corrected chi connectivity index (χ3v) is 4.09. The number of fused-ring (bicyclic) bond motifs is 1. The first-order valence-corrected chi connectivity index (χ1v) is 8.03. The van der Waals surface area contributed by atoms with E-state index in [1.54, 1.807) is 48.2 Å². The van der Waals surface area contributed by atoms with E-state index in [2.05, 4.69) is 20.1 Å². The molecule has 0 aliphatic carbocycles. The zero-order valence-corrected chi connectivity index (χ0v) is 14.3. The molecule has 4 aromatic rings. The van der Waals surface area contributed by atoms with Gasteiger partial charge in [-0.1, -0.05) is 17.7 Å². The zero-order chi connectivity index (χ0) is 18.3. The summed E-state index contributed by atoms with van der Waals surface area (Å²) in [5.74, 6) is -0.211. The highest BCUT2D eigenvalue weighted by atomic mass is 35.5. The van der Waals surface area contributed by atoms with Crippen LogP contribution in [0.3, 0.4) is 0 Å². The minimum absolute atomic E-state index is 0.211. The van der Waals surface area contributed by atoms with Gasteiger partial charge in [-0.05, 0) is 24.3 Å². The number of hydrogen-bond acceptors (Lipinski definition) is 5. The molecule has 2 N–H and O–H groups in total. The Balaban J connectivity index is 1.90. The van der Waals surface area contributed by atoms with Gasteiger partial charge in [-0.15, -0.1) is 0 Å². The van der Waals surface area contributed by atoms with Gasteiger partial charge in [-0.2, -0.15) is 5.10 Å². The van der Waals surface area contributed by atoms with Gasteiger partial charge in [0, 0.05) is 29.6 Å². The Hall–Kier alpha value is -3.39. The van der Waals surface area contributed by atoms with Crippen LogP contribution >= 0.6 is 11.6 Å². The standard InChI is InChI=1S/C17H13ClN6O2/c1-23-13(16(25)22-17(23)26)7-10-9-19-24-6-5-14(21-15(10)24)20-12-4-2-3-11(18)8-12/h2-9,25H,1H3,(H,22,26)/b10-7+,20-14?. The van der Waals surface area contributed by atoms with E-state index in [9.17, 15) is 9.90 Å². The summed E-state index contributed by atoms with van der Waals surface area (Å²) >= 11 is 5.98. The summed E-state index contributed by atoms with van der Waals surface area (Å²) in [6, 6.07) is 8.88. The van der Waals surface area contributed by atoms with Gasteiger partial charge < -0.3 is 5.11 Å². The summed E-state index contributed by atoms with van der Waals surface area (Å²) in [6.45, 7) is 0. The van der Waals surface area contributed by atoms with E-state index in [0.29, 0.717) is 32.8 Å². The Bertz CT molecular complexity index is 1300. The molecule has 0 bridgehead atoms. The maximum Gasteiger partial charge on any atom is 0.328 e. The van der Waals surface area contributed by atoms with Gasteiger partial charge in [0.15, 0.2) is 11.1 Å². The van der Waals surface area contributed by atoms with E-state index in [1.807, 2.05) is 12.1 Å². The summed E-state index contributed by atoms with van der Waals surface area (Å²) in [4.78, 5) is 22.9. The molecular weight excluding hydrogens is 356 g/mol. The van der Waals surface area contributed by atoms with Crippen molar-refractivity contribution in [3.05, 3.63) is 74.6 Å². The number of H-pyrrole nitrogens is 1. The molecule has 0 spiro atoms. The van der Waals surface area contributed by atoms with E-state index >= 15 is 0 Å². The fraction of sp³-hybridized carbons (Fsp3) is 0.0588. The second-order valence-electron chi connectivity index (χ2n) is 5.61. The van der Waals surface area contributed by atoms with Crippen molar-refractivity contribution in [1.29, 1.82) is 0 Å². The summed E-state index contributed by atoms with van der Waals surface area (Å²) in [5.41, 5.74) is 1.65. The molecule has 3 aromatic heterocycles. The van der Waals surface area contributed by atoms with E-state index in [-0.39, 0.29) is 5.88 Å². The Morgan fingerprint density at radius 2 is 2.19 bits per heavy atom. The van der Waals surface area contributed by atoms with Crippen LogP contribution < -0.4 is 16.4 Å². The highest BCUT2D eigenvalue weighted by Gasteiger charge is 2.08. The van der Waals surface area contributed by atoms with Crippen LogP contribution in [-0.2, 0) is 7.05 Å². The van der Waals surface area contributed by atoms with Crippen LogP contribution in [0.4, 0.5) is 5.69 Å². The van der Waals surface area contributed by atoms with Gasteiger partial charge >= 0.3 is 5.69 Å². The van der Waals surface area contributed by atoms with Crippen LogP contribution in [0.2, 0.25) is 5.02 Å². The molecule has 0 atom stereocenters. The number of hydrogen-bond donors (Lipinski definition) is 2. The molecule has 1 aromatic carbocycles. The van der Waals surface area contributed by atoms with Crippen molar-refractivity contribution in [2.24, 2.45) is 12.0 Å². The van der Waals surface area contributed by atoms with Crippen LogP contribution in [0.5, 0.6) is 5.88 Å². The smallest absolute Gasteiger partial charge is 0.328 e. The Morgan fingerprint density at radius 3 is 2.92 bits per heavy atom. The third-order valence-electron chi connectivity index (χ3n) is 3.86. The van der Waals surface area contributed by atoms with Crippen LogP contribution in [-0.4, -0.2) is 29.3 Å². The molecule has 3 heterocycles. The average Bonchev–Trinajstić information content (AvgIpc) is 3.11. The number of nitrogens with one attached hydrogen (secondary N) is 1. The number of imidazole rings is 1. The molecule has 8 nitrogen and oxygen atoms in total. The number of benzene rings is 1. The second kappa shape index (κ2) is 6.16. The van der Waals surface area contributed by atoms with Crippen molar-refractivity contribution < 1.29 is 5.11 Å². The second-order valence-corrected chi connectivity index (χ2v) is 6.05. The van der Waals surface area contributed by atoms with E-state index in [4.69, 9.17) is 11.6 Å². The summed E-state index contributed by atoms with van der Waals surface area (Å²) < 4.78 is 2.89. The molecule has 26 heavy (non-hydrogen) atoms. The maximum absolute atomic E-state index is 11.6. The monoisotopic (exact) mass is 368 g/mol. The molecule has 0 aliphatic heterocycles. The average molecular weight is 369 g/mol. The third kappa shape index (κ3) is 2.86. The summed E-state index contributed by atoms with van der Waals surface area (Å²) in [7, 11) is 1.56. The van der Waals surface area contributed by atoms with Crippen LogP contribution in [0.1, 0.15) is 5.69 Å². The lowest BCUT2D eigenvalue weighted by Crippen LogP contribution is -2.15. The van der Waals surface area contributed by atoms with Crippen molar-refractivity contribution in [1.82, 2.24) is 24.1 Å². The normalized spacial score (nSPS) is 13.0. The number of aromatic hydroxyl groups is 1. The lowest BCUT2D eigenvalue weighted by Gasteiger charge is -1.96. The first-order chi connectivity index (χ1) is 12.5. The molecule has 0 fully saturated rings. The molecule has 0 aliphatic rings. The van der Waals surface area contributed by atoms with Gasteiger partial charge in [-0.25, -0.2) is 19.3 Å². The van der Waals surface area contributed by atoms with Gasteiger partial charge in [0.25, 0.3) is 0 Å². The first-order valence-electron chi connectivity index (χ1n) is 7.65.